The Morgan fingerprint density at radius 3 is 2.87 bits per heavy atom. The lowest BCUT2D eigenvalue weighted by molar-refractivity contribution is 0.0469. The number of hydrogen-bond donors (Lipinski definition) is 2. The molecule has 0 spiro atoms. The Kier molecular flexibility index (Phi) is 4.74. The first-order valence-corrected chi connectivity index (χ1v) is 5.23. The molecule has 0 fully saturated rings. The van der Waals surface area contributed by atoms with Crippen molar-refractivity contribution >= 4 is 0 Å². The first kappa shape index (κ1) is 12.2. The Balaban J connectivity index is 2.57. The minimum absolute atomic E-state index is 0.0803. The van der Waals surface area contributed by atoms with Crippen LogP contribution in [-0.4, -0.2) is 28.3 Å². The minimum atomic E-state index is 0.0803. The molecule has 2 unspecified atom stereocenters. The zero-order valence-corrected chi connectivity index (χ0v) is 9.60. The van der Waals surface area contributed by atoms with E-state index in [0.717, 1.165) is 12.2 Å². The van der Waals surface area contributed by atoms with Gasteiger partial charge in [0.15, 0.2) is 0 Å². The van der Waals surface area contributed by atoms with E-state index in [-0.39, 0.29) is 12.1 Å². The van der Waals surface area contributed by atoms with Crippen molar-refractivity contribution in [3.63, 3.8) is 0 Å². The summed E-state index contributed by atoms with van der Waals surface area (Å²) in [5.41, 5.74) is 2.77. The van der Waals surface area contributed by atoms with Gasteiger partial charge in [0, 0.05) is 32.5 Å². The van der Waals surface area contributed by atoms with E-state index >= 15 is 0 Å². The molecule has 1 heterocycles. The van der Waals surface area contributed by atoms with Crippen molar-refractivity contribution < 1.29 is 4.74 Å². The van der Waals surface area contributed by atoms with Crippen molar-refractivity contribution in [1.29, 1.82) is 0 Å². The van der Waals surface area contributed by atoms with Crippen LogP contribution in [0.5, 0.6) is 0 Å². The third kappa shape index (κ3) is 3.30. The van der Waals surface area contributed by atoms with Gasteiger partial charge in [-0.3, -0.25) is 11.3 Å². The lowest BCUT2D eigenvalue weighted by Crippen LogP contribution is -2.45. The van der Waals surface area contributed by atoms with E-state index in [4.69, 9.17) is 10.6 Å². The molecule has 2 atom stereocenters. The van der Waals surface area contributed by atoms with E-state index in [2.05, 4.69) is 10.4 Å². The molecule has 0 saturated carbocycles. The van der Waals surface area contributed by atoms with Crippen LogP contribution < -0.4 is 11.3 Å². The van der Waals surface area contributed by atoms with Gasteiger partial charge in [0.2, 0.25) is 0 Å². The SMILES string of the molecule is CCOC(C)C(Cc1nccn1C)NN. The number of nitrogens with one attached hydrogen (secondary N) is 1. The van der Waals surface area contributed by atoms with Crippen molar-refractivity contribution in [2.45, 2.75) is 32.4 Å². The van der Waals surface area contributed by atoms with Crippen molar-refractivity contribution in [2.75, 3.05) is 6.61 Å². The van der Waals surface area contributed by atoms with Gasteiger partial charge in [0.25, 0.3) is 0 Å². The van der Waals surface area contributed by atoms with Gasteiger partial charge in [0.1, 0.15) is 5.82 Å². The Morgan fingerprint density at radius 2 is 2.40 bits per heavy atom. The summed E-state index contributed by atoms with van der Waals surface area (Å²) >= 11 is 0. The lowest BCUT2D eigenvalue weighted by Gasteiger charge is -2.22. The molecule has 15 heavy (non-hydrogen) atoms. The van der Waals surface area contributed by atoms with E-state index in [0.29, 0.717) is 6.61 Å². The topological polar surface area (TPSA) is 65.1 Å². The highest BCUT2D eigenvalue weighted by molar-refractivity contribution is 4.95. The molecule has 5 heteroatoms. The summed E-state index contributed by atoms with van der Waals surface area (Å²) in [4.78, 5) is 4.26. The number of nitrogens with zero attached hydrogens (tertiary/aromatic N) is 2. The average Bonchev–Trinajstić information content (AvgIpc) is 2.61. The molecule has 0 amide bonds. The van der Waals surface area contributed by atoms with Crippen LogP contribution in [0.4, 0.5) is 0 Å². The van der Waals surface area contributed by atoms with Gasteiger partial charge in [-0.15, -0.1) is 0 Å². The summed E-state index contributed by atoms with van der Waals surface area (Å²) in [7, 11) is 1.97. The van der Waals surface area contributed by atoms with Crippen molar-refractivity contribution in [3.05, 3.63) is 18.2 Å². The fraction of sp³-hybridized carbons (Fsp3) is 0.700. The second-order valence-electron chi connectivity index (χ2n) is 3.59. The highest BCUT2D eigenvalue weighted by Crippen LogP contribution is 2.05. The van der Waals surface area contributed by atoms with Crippen LogP contribution in [0.15, 0.2) is 12.4 Å². The Morgan fingerprint density at radius 1 is 1.67 bits per heavy atom. The van der Waals surface area contributed by atoms with Gasteiger partial charge in [-0.2, -0.15) is 0 Å². The maximum Gasteiger partial charge on any atom is 0.110 e. The molecule has 1 aromatic rings. The fourth-order valence-electron chi connectivity index (χ4n) is 1.53. The number of rotatable bonds is 6. The molecule has 0 aliphatic carbocycles. The normalized spacial score (nSPS) is 15.2. The predicted molar refractivity (Wildman–Crippen MR) is 59.1 cm³/mol. The molecule has 3 N–H and O–H groups in total. The zero-order chi connectivity index (χ0) is 11.3. The van der Waals surface area contributed by atoms with Gasteiger partial charge < -0.3 is 9.30 Å². The van der Waals surface area contributed by atoms with Crippen LogP contribution in [0.1, 0.15) is 19.7 Å². The zero-order valence-electron chi connectivity index (χ0n) is 9.60. The van der Waals surface area contributed by atoms with E-state index in [1.165, 1.54) is 0 Å². The highest BCUT2D eigenvalue weighted by Gasteiger charge is 2.18. The van der Waals surface area contributed by atoms with E-state index < -0.39 is 0 Å². The van der Waals surface area contributed by atoms with Crippen LogP contribution in [-0.2, 0) is 18.2 Å². The highest BCUT2D eigenvalue weighted by atomic mass is 16.5. The summed E-state index contributed by atoms with van der Waals surface area (Å²) in [6.07, 6.45) is 4.56. The largest absolute Gasteiger partial charge is 0.377 e. The number of aromatic nitrogens is 2. The summed E-state index contributed by atoms with van der Waals surface area (Å²) in [5.74, 6) is 6.51. The van der Waals surface area contributed by atoms with E-state index in [1.807, 2.05) is 31.7 Å². The van der Waals surface area contributed by atoms with Crippen molar-refractivity contribution in [1.82, 2.24) is 15.0 Å². The van der Waals surface area contributed by atoms with Gasteiger partial charge >= 0.3 is 0 Å². The summed E-state index contributed by atoms with van der Waals surface area (Å²) < 4.78 is 7.49. The van der Waals surface area contributed by atoms with Gasteiger partial charge in [-0.05, 0) is 13.8 Å². The molecular weight excluding hydrogens is 192 g/mol. The molecule has 5 nitrogen and oxygen atoms in total. The molecule has 1 rings (SSSR count). The maximum absolute atomic E-state index is 5.50. The molecule has 0 saturated heterocycles. The van der Waals surface area contributed by atoms with Crippen molar-refractivity contribution in [2.24, 2.45) is 12.9 Å². The molecule has 0 aromatic carbocycles. The van der Waals surface area contributed by atoms with Gasteiger partial charge in [0.05, 0.1) is 12.1 Å². The van der Waals surface area contributed by atoms with Crippen LogP contribution in [0.3, 0.4) is 0 Å². The molecule has 0 radical (unpaired) electrons. The van der Waals surface area contributed by atoms with E-state index in [1.54, 1.807) is 6.20 Å². The molecule has 0 aliphatic heterocycles. The molecular formula is C10H20N4O. The number of nitrogens with two attached hydrogens (primary N) is 1. The summed E-state index contributed by atoms with van der Waals surface area (Å²) in [6, 6.07) is 0.0889. The van der Waals surface area contributed by atoms with Gasteiger partial charge in [-0.1, -0.05) is 0 Å². The smallest absolute Gasteiger partial charge is 0.110 e. The number of ether oxygens (including phenoxy) is 1. The predicted octanol–water partition coefficient (Wildman–Crippen LogP) is 0.220. The maximum atomic E-state index is 5.50. The second kappa shape index (κ2) is 5.85. The standard InChI is InChI=1S/C10H20N4O/c1-4-15-8(2)9(13-11)7-10-12-5-6-14(10)3/h5-6,8-9,13H,4,7,11H2,1-3H3. The van der Waals surface area contributed by atoms with Crippen LogP contribution in [0, 0.1) is 0 Å². The van der Waals surface area contributed by atoms with Crippen molar-refractivity contribution in [3.8, 4) is 0 Å². The second-order valence-corrected chi connectivity index (χ2v) is 3.59. The van der Waals surface area contributed by atoms with E-state index in [9.17, 15) is 0 Å². The fourth-order valence-corrected chi connectivity index (χ4v) is 1.53. The minimum Gasteiger partial charge on any atom is -0.377 e. The first-order chi connectivity index (χ1) is 7.19. The molecule has 0 bridgehead atoms. The first-order valence-electron chi connectivity index (χ1n) is 5.23. The van der Waals surface area contributed by atoms with Crippen LogP contribution in [0.2, 0.25) is 0 Å². The third-order valence-corrected chi connectivity index (χ3v) is 2.53. The third-order valence-electron chi connectivity index (χ3n) is 2.53. The average molecular weight is 212 g/mol. The molecule has 0 aliphatic rings. The number of hydrazine groups is 1. The molecule has 86 valence electrons. The summed E-state index contributed by atoms with van der Waals surface area (Å²) in [5, 5.41) is 0. The van der Waals surface area contributed by atoms with Gasteiger partial charge in [-0.25, -0.2) is 4.98 Å². The monoisotopic (exact) mass is 212 g/mol. The Labute approximate surface area is 90.6 Å². The number of aryl methyl sites for hydroxylation is 1. The van der Waals surface area contributed by atoms with Crippen LogP contribution in [0.25, 0.3) is 0 Å². The quantitative estimate of drug-likeness (QED) is 0.523. The number of hydrogen-bond acceptors (Lipinski definition) is 4. The summed E-state index contributed by atoms with van der Waals surface area (Å²) in [6.45, 7) is 4.68. The Bertz CT molecular complexity index is 287. The van der Waals surface area contributed by atoms with Crippen LogP contribution >= 0.6 is 0 Å². The molecule has 1 aromatic heterocycles. The number of imidazole rings is 1. The lowest BCUT2D eigenvalue weighted by atomic mass is 10.1. The Hall–Kier alpha value is -0.910.